The molecule has 2 fully saturated rings. The molecule has 0 aromatic heterocycles. The van der Waals surface area contributed by atoms with Crippen LogP contribution in [0.2, 0.25) is 0 Å². The Morgan fingerprint density at radius 3 is 2.57 bits per heavy atom. The summed E-state index contributed by atoms with van der Waals surface area (Å²) in [4.78, 5) is 26.3. The third-order valence-corrected chi connectivity index (χ3v) is 4.66. The summed E-state index contributed by atoms with van der Waals surface area (Å²) >= 11 is 0. The highest BCUT2D eigenvalue weighted by atomic mass is 35.5. The van der Waals surface area contributed by atoms with Crippen LogP contribution in [0, 0.1) is 5.92 Å². The lowest BCUT2D eigenvalue weighted by molar-refractivity contribution is -0.126. The molecule has 1 saturated carbocycles. The largest absolute Gasteiger partial charge is 0.356 e. The maximum absolute atomic E-state index is 12.3. The molecule has 2 atom stereocenters. The Morgan fingerprint density at radius 2 is 1.91 bits per heavy atom. The van der Waals surface area contributed by atoms with Crippen molar-refractivity contribution in [3.63, 3.8) is 0 Å². The number of hydrogen-bond donors (Lipinski definition) is 3. The number of likely N-dealkylation sites (tertiary alicyclic amines) is 1. The minimum absolute atomic E-state index is 0. The van der Waals surface area contributed by atoms with Crippen LogP contribution in [0.25, 0.3) is 0 Å². The molecule has 3 amide bonds. The molecule has 2 rings (SSSR count). The summed E-state index contributed by atoms with van der Waals surface area (Å²) in [5, 5.41) is 6.04. The van der Waals surface area contributed by atoms with E-state index in [0.29, 0.717) is 19.1 Å². The van der Waals surface area contributed by atoms with Gasteiger partial charge in [0.1, 0.15) is 0 Å². The first-order valence-corrected chi connectivity index (χ1v) is 8.65. The zero-order valence-electron chi connectivity index (χ0n) is 14.1. The highest BCUT2D eigenvalue weighted by molar-refractivity contribution is 5.85. The summed E-state index contributed by atoms with van der Waals surface area (Å²) in [5.41, 5.74) is 5.68. The van der Waals surface area contributed by atoms with Gasteiger partial charge in [0.2, 0.25) is 5.91 Å². The maximum Gasteiger partial charge on any atom is 0.317 e. The van der Waals surface area contributed by atoms with Gasteiger partial charge in [-0.1, -0.05) is 12.8 Å². The molecule has 0 aromatic rings. The highest BCUT2D eigenvalue weighted by Crippen LogP contribution is 2.20. The van der Waals surface area contributed by atoms with Gasteiger partial charge in [0.15, 0.2) is 0 Å². The molecule has 2 unspecified atom stereocenters. The zero-order valence-corrected chi connectivity index (χ0v) is 14.9. The van der Waals surface area contributed by atoms with E-state index < -0.39 is 0 Å². The lowest BCUT2D eigenvalue weighted by atomic mass is 9.97. The van der Waals surface area contributed by atoms with Crippen molar-refractivity contribution in [2.24, 2.45) is 11.7 Å². The quantitative estimate of drug-likeness (QED) is 0.707. The molecule has 134 valence electrons. The van der Waals surface area contributed by atoms with Gasteiger partial charge in [0.25, 0.3) is 0 Å². The smallest absolute Gasteiger partial charge is 0.317 e. The van der Waals surface area contributed by atoms with Gasteiger partial charge in [-0.2, -0.15) is 0 Å². The molecule has 0 aromatic carbocycles. The van der Waals surface area contributed by atoms with E-state index in [0.717, 1.165) is 38.6 Å². The fourth-order valence-electron chi connectivity index (χ4n) is 3.28. The van der Waals surface area contributed by atoms with Crippen molar-refractivity contribution < 1.29 is 9.59 Å². The van der Waals surface area contributed by atoms with E-state index >= 15 is 0 Å². The fraction of sp³-hybridized carbons (Fsp3) is 0.875. The Bertz CT molecular complexity index is 386. The summed E-state index contributed by atoms with van der Waals surface area (Å²) < 4.78 is 0. The number of carbonyl (C=O) groups is 2. The summed E-state index contributed by atoms with van der Waals surface area (Å²) in [7, 11) is 0. The second-order valence-electron chi connectivity index (χ2n) is 6.77. The molecule has 1 saturated heterocycles. The third kappa shape index (κ3) is 6.55. The Balaban J connectivity index is 0.00000264. The minimum atomic E-state index is -0.0869. The molecule has 0 bridgehead atoms. The van der Waals surface area contributed by atoms with Gasteiger partial charge < -0.3 is 21.3 Å². The van der Waals surface area contributed by atoms with E-state index in [4.69, 9.17) is 5.73 Å². The summed E-state index contributed by atoms with van der Waals surface area (Å²) in [6.45, 7) is 3.83. The average molecular weight is 347 g/mol. The van der Waals surface area contributed by atoms with E-state index in [1.807, 2.05) is 6.92 Å². The third-order valence-electron chi connectivity index (χ3n) is 4.66. The van der Waals surface area contributed by atoms with Crippen LogP contribution in [-0.4, -0.2) is 48.6 Å². The monoisotopic (exact) mass is 346 g/mol. The minimum Gasteiger partial charge on any atom is -0.356 e. The van der Waals surface area contributed by atoms with Gasteiger partial charge in [0, 0.05) is 31.7 Å². The molecule has 1 aliphatic carbocycles. The second kappa shape index (κ2) is 9.98. The van der Waals surface area contributed by atoms with Crippen LogP contribution in [0.5, 0.6) is 0 Å². The summed E-state index contributed by atoms with van der Waals surface area (Å²) in [6.07, 6.45) is 7.11. The average Bonchev–Trinajstić information content (AvgIpc) is 3.00. The van der Waals surface area contributed by atoms with Gasteiger partial charge in [-0.15, -0.1) is 12.4 Å². The summed E-state index contributed by atoms with van der Waals surface area (Å²) in [5.74, 6) is -0.0322. The number of carbonyl (C=O) groups excluding carboxylic acids is 2. The van der Waals surface area contributed by atoms with Crippen molar-refractivity contribution in [2.45, 2.75) is 64.0 Å². The van der Waals surface area contributed by atoms with Crippen LogP contribution in [0.1, 0.15) is 51.9 Å². The Kier molecular flexibility index (Phi) is 8.69. The lowest BCUT2D eigenvalue weighted by Gasteiger charge is -2.33. The van der Waals surface area contributed by atoms with Crippen molar-refractivity contribution in [3.8, 4) is 0 Å². The van der Waals surface area contributed by atoms with Crippen LogP contribution in [0.3, 0.4) is 0 Å². The molecule has 7 heteroatoms. The number of halogens is 1. The van der Waals surface area contributed by atoms with E-state index in [2.05, 4.69) is 10.6 Å². The van der Waals surface area contributed by atoms with Crippen molar-refractivity contribution in [1.29, 1.82) is 0 Å². The molecule has 6 nitrogen and oxygen atoms in total. The van der Waals surface area contributed by atoms with Gasteiger partial charge in [0.05, 0.1) is 5.92 Å². The van der Waals surface area contributed by atoms with E-state index in [1.165, 1.54) is 12.8 Å². The molecule has 1 heterocycles. The highest BCUT2D eigenvalue weighted by Gasteiger charge is 2.29. The predicted octanol–water partition coefficient (Wildman–Crippen LogP) is 1.63. The first-order chi connectivity index (χ1) is 10.6. The van der Waals surface area contributed by atoms with Crippen LogP contribution < -0.4 is 16.4 Å². The standard InChI is InChI=1S/C16H30N4O2.ClH/c1-12(17)8-9-18-15(21)13-5-4-10-20(11-13)16(22)19-14-6-2-3-7-14;/h12-14H,2-11,17H2,1H3,(H,18,21)(H,19,22);1H. The topological polar surface area (TPSA) is 87.5 Å². The Morgan fingerprint density at radius 1 is 1.22 bits per heavy atom. The molecular formula is C16H31ClN4O2. The van der Waals surface area contributed by atoms with Crippen molar-refractivity contribution in [3.05, 3.63) is 0 Å². The van der Waals surface area contributed by atoms with Crippen LogP contribution in [-0.2, 0) is 4.79 Å². The number of piperidine rings is 1. The molecule has 2 aliphatic rings. The van der Waals surface area contributed by atoms with Crippen LogP contribution in [0.4, 0.5) is 4.79 Å². The number of nitrogens with zero attached hydrogens (tertiary/aromatic N) is 1. The lowest BCUT2D eigenvalue weighted by Crippen LogP contribution is -2.50. The van der Waals surface area contributed by atoms with Gasteiger partial charge in [-0.25, -0.2) is 4.79 Å². The second-order valence-corrected chi connectivity index (χ2v) is 6.77. The SMILES string of the molecule is CC(N)CCNC(=O)C1CCCN(C(=O)NC2CCCC2)C1.Cl. The number of rotatable bonds is 5. The van der Waals surface area contributed by atoms with Crippen LogP contribution in [0.15, 0.2) is 0 Å². The van der Waals surface area contributed by atoms with E-state index in [-0.39, 0.29) is 36.3 Å². The number of nitrogens with two attached hydrogens (primary N) is 1. The summed E-state index contributed by atoms with van der Waals surface area (Å²) in [6, 6.07) is 0.424. The van der Waals surface area contributed by atoms with Gasteiger partial charge >= 0.3 is 6.03 Å². The molecule has 4 N–H and O–H groups in total. The van der Waals surface area contributed by atoms with E-state index in [9.17, 15) is 9.59 Å². The first-order valence-electron chi connectivity index (χ1n) is 8.65. The molecule has 0 spiro atoms. The number of nitrogens with one attached hydrogen (secondary N) is 2. The van der Waals surface area contributed by atoms with Crippen LogP contribution >= 0.6 is 12.4 Å². The number of hydrogen-bond acceptors (Lipinski definition) is 3. The van der Waals surface area contributed by atoms with Gasteiger partial charge in [-0.05, 0) is 39.0 Å². The Hall–Kier alpha value is -1.01. The molecular weight excluding hydrogens is 316 g/mol. The fourth-order valence-corrected chi connectivity index (χ4v) is 3.28. The Labute approximate surface area is 145 Å². The number of amides is 3. The first kappa shape index (κ1) is 20.0. The molecule has 1 aliphatic heterocycles. The predicted molar refractivity (Wildman–Crippen MR) is 93.6 cm³/mol. The number of urea groups is 1. The maximum atomic E-state index is 12.3. The molecule has 23 heavy (non-hydrogen) atoms. The van der Waals surface area contributed by atoms with Gasteiger partial charge in [-0.3, -0.25) is 4.79 Å². The van der Waals surface area contributed by atoms with Crippen molar-refractivity contribution in [2.75, 3.05) is 19.6 Å². The van der Waals surface area contributed by atoms with Crippen molar-refractivity contribution >= 4 is 24.3 Å². The van der Waals surface area contributed by atoms with Crippen molar-refractivity contribution in [1.82, 2.24) is 15.5 Å². The zero-order chi connectivity index (χ0) is 15.9. The normalized spacial score (nSPS) is 23.0. The molecule has 0 radical (unpaired) electrons. The van der Waals surface area contributed by atoms with E-state index in [1.54, 1.807) is 4.90 Å².